The molecule has 7 nitrogen and oxygen atoms in total. The van der Waals surface area contributed by atoms with Crippen molar-refractivity contribution >= 4 is 11.8 Å². The lowest BCUT2D eigenvalue weighted by Gasteiger charge is -2.08. The van der Waals surface area contributed by atoms with Crippen LogP contribution in [0.4, 0.5) is 19.0 Å². The number of rotatable bonds is 3. The number of pyridine rings is 1. The first-order valence-corrected chi connectivity index (χ1v) is 4.66. The van der Waals surface area contributed by atoms with Crippen molar-refractivity contribution in [3.8, 4) is 5.88 Å². The monoisotopic (exact) mass is 280 g/mol. The molecule has 0 N–H and O–H groups in total. The van der Waals surface area contributed by atoms with E-state index >= 15 is 0 Å². The van der Waals surface area contributed by atoms with E-state index < -0.39 is 34.5 Å². The first-order valence-electron chi connectivity index (χ1n) is 4.66. The second-order valence-corrected chi connectivity index (χ2v) is 3.28. The molecule has 0 aliphatic carbocycles. The third kappa shape index (κ3) is 3.53. The molecule has 0 saturated heterocycles. The Labute approximate surface area is 104 Å². The fourth-order valence-corrected chi connectivity index (χ4v) is 1.20. The van der Waals surface area contributed by atoms with Crippen LogP contribution in [0.2, 0.25) is 0 Å². The Morgan fingerprint density at radius 1 is 1.47 bits per heavy atom. The van der Waals surface area contributed by atoms with Gasteiger partial charge in [0, 0.05) is 10.5 Å². The van der Waals surface area contributed by atoms with Gasteiger partial charge in [-0.25, -0.2) is 4.79 Å². The minimum atomic E-state index is -5.04. The molecule has 1 aromatic heterocycles. The number of ether oxygens (including phenoxy) is 2. The fourth-order valence-electron chi connectivity index (χ4n) is 1.20. The summed E-state index contributed by atoms with van der Waals surface area (Å²) in [5.41, 5.74) is -0.747. The highest BCUT2D eigenvalue weighted by atomic mass is 19.4. The largest absolute Gasteiger partial charge is 0.575 e. The minimum absolute atomic E-state index is 0.191. The predicted molar refractivity (Wildman–Crippen MR) is 53.7 cm³/mol. The number of hydrogen-bond acceptors (Lipinski definition) is 6. The summed E-state index contributed by atoms with van der Waals surface area (Å²) in [5, 5.41) is 10.7. The van der Waals surface area contributed by atoms with E-state index in [0.29, 0.717) is 0 Å². The van der Waals surface area contributed by atoms with Gasteiger partial charge in [-0.05, 0) is 17.9 Å². The molecule has 0 aromatic carbocycles. The van der Waals surface area contributed by atoms with Gasteiger partial charge in [0.15, 0.2) is 5.56 Å². The summed E-state index contributed by atoms with van der Waals surface area (Å²) in [7, 11) is 0.974. The van der Waals surface area contributed by atoms with Gasteiger partial charge in [-0.15, -0.1) is 13.2 Å². The highest BCUT2D eigenvalue weighted by molar-refractivity contribution is 5.93. The number of methoxy groups -OCH3 is 1. The van der Waals surface area contributed by atoms with Crippen LogP contribution in [0.1, 0.15) is 15.9 Å². The number of aryl methyl sites for hydroxylation is 1. The third-order valence-corrected chi connectivity index (χ3v) is 1.94. The van der Waals surface area contributed by atoms with Gasteiger partial charge in [0.1, 0.15) is 0 Å². The van der Waals surface area contributed by atoms with Crippen LogP contribution in [0, 0.1) is 17.0 Å². The first-order chi connectivity index (χ1) is 8.65. The van der Waals surface area contributed by atoms with Gasteiger partial charge in [0.2, 0.25) is 0 Å². The number of nitro groups is 1. The van der Waals surface area contributed by atoms with E-state index in [1.54, 1.807) is 0 Å². The van der Waals surface area contributed by atoms with Gasteiger partial charge in [0.25, 0.3) is 0 Å². The van der Waals surface area contributed by atoms with Crippen LogP contribution in [0.5, 0.6) is 5.88 Å². The lowest BCUT2D eigenvalue weighted by atomic mass is 10.2. The van der Waals surface area contributed by atoms with Gasteiger partial charge in [-0.3, -0.25) is 0 Å². The molecule has 0 fully saturated rings. The Hall–Kier alpha value is -2.39. The topological polar surface area (TPSA) is 91.6 Å². The number of esters is 1. The second kappa shape index (κ2) is 5.08. The summed E-state index contributed by atoms with van der Waals surface area (Å²) >= 11 is 0. The predicted octanol–water partition coefficient (Wildman–Crippen LogP) is 1.98. The van der Waals surface area contributed by atoms with Gasteiger partial charge in [0.05, 0.1) is 7.11 Å². The smallest absolute Gasteiger partial charge is 0.465 e. The molecule has 0 aliphatic heterocycles. The average Bonchev–Trinajstić information content (AvgIpc) is 2.28. The van der Waals surface area contributed by atoms with Crippen molar-refractivity contribution in [1.29, 1.82) is 0 Å². The van der Waals surface area contributed by atoms with Crippen LogP contribution >= 0.6 is 0 Å². The molecular formula is C9H7F3N2O5. The molecule has 0 saturated carbocycles. The number of halogens is 3. The SMILES string of the molecule is COC(=O)c1cc(C)c(OC(F)(F)F)nc1[N+](=O)[O-]. The molecule has 0 spiro atoms. The Bertz CT molecular complexity index is 529. The van der Waals surface area contributed by atoms with Gasteiger partial charge in [-0.1, -0.05) is 0 Å². The van der Waals surface area contributed by atoms with Gasteiger partial charge in [-0.2, -0.15) is 0 Å². The van der Waals surface area contributed by atoms with Crippen LogP contribution in [0.15, 0.2) is 6.07 Å². The number of hydrogen-bond donors (Lipinski definition) is 0. The van der Waals surface area contributed by atoms with E-state index in [9.17, 15) is 28.1 Å². The number of carbonyl (C=O) groups is 1. The lowest BCUT2D eigenvalue weighted by molar-refractivity contribution is -0.390. The zero-order valence-corrected chi connectivity index (χ0v) is 9.65. The molecule has 0 bridgehead atoms. The fraction of sp³-hybridized carbons (Fsp3) is 0.333. The Balaban J connectivity index is 3.37. The highest BCUT2D eigenvalue weighted by Crippen LogP contribution is 2.29. The highest BCUT2D eigenvalue weighted by Gasteiger charge is 2.36. The third-order valence-electron chi connectivity index (χ3n) is 1.94. The average molecular weight is 280 g/mol. The number of nitrogens with zero attached hydrogens (tertiary/aromatic N) is 2. The summed E-state index contributed by atoms with van der Waals surface area (Å²) < 4.78 is 44.0. The maximum Gasteiger partial charge on any atom is 0.575 e. The lowest BCUT2D eigenvalue weighted by Crippen LogP contribution is -2.19. The van der Waals surface area contributed by atoms with Crippen LogP contribution in [-0.4, -0.2) is 29.3 Å². The van der Waals surface area contributed by atoms with Crippen molar-refractivity contribution in [3.05, 3.63) is 27.3 Å². The first kappa shape index (κ1) is 14.7. The maximum absolute atomic E-state index is 12.1. The molecule has 1 rings (SSSR count). The second-order valence-electron chi connectivity index (χ2n) is 3.28. The van der Waals surface area contributed by atoms with E-state index in [2.05, 4.69) is 14.5 Å². The zero-order valence-electron chi connectivity index (χ0n) is 9.65. The Morgan fingerprint density at radius 3 is 2.47 bits per heavy atom. The van der Waals surface area contributed by atoms with E-state index in [1.165, 1.54) is 0 Å². The van der Waals surface area contributed by atoms with Crippen molar-refractivity contribution in [1.82, 2.24) is 4.98 Å². The Kier molecular flexibility index (Phi) is 3.92. The summed E-state index contributed by atoms with van der Waals surface area (Å²) in [6, 6.07) is 0.845. The summed E-state index contributed by atoms with van der Waals surface area (Å²) in [5.74, 6) is -3.15. The van der Waals surface area contributed by atoms with E-state index in [1.807, 2.05) is 0 Å². The molecule has 0 radical (unpaired) electrons. The van der Waals surface area contributed by atoms with E-state index in [-0.39, 0.29) is 5.56 Å². The van der Waals surface area contributed by atoms with Crippen LogP contribution in [0.25, 0.3) is 0 Å². The molecule has 10 heteroatoms. The summed E-state index contributed by atoms with van der Waals surface area (Å²) in [4.78, 5) is 23.9. The van der Waals surface area contributed by atoms with Crippen molar-refractivity contribution in [3.63, 3.8) is 0 Å². The van der Waals surface area contributed by atoms with E-state index in [4.69, 9.17) is 0 Å². The molecule has 0 atom stereocenters. The molecule has 19 heavy (non-hydrogen) atoms. The molecule has 0 amide bonds. The molecule has 104 valence electrons. The van der Waals surface area contributed by atoms with Crippen LogP contribution in [-0.2, 0) is 4.74 Å². The summed E-state index contributed by atoms with van der Waals surface area (Å²) in [6.45, 7) is 1.16. The standard InChI is InChI=1S/C9H7F3N2O5/c1-4-3-5(8(15)18-2)6(14(16)17)13-7(4)19-9(10,11)12/h3H,1-2H3. The maximum atomic E-state index is 12.1. The minimum Gasteiger partial charge on any atom is -0.465 e. The van der Waals surface area contributed by atoms with Crippen molar-refractivity contribution in [2.45, 2.75) is 13.3 Å². The molecule has 1 aromatic rings. The quantitative estimate of drug-likeness (QED) is 0.477. The molecule has 1 heterocycles. The van der Waals surface area contributed by atoms with Crippen molar-refractivity contribution in [2.24, 2.45) is 0 Å². The van der Waals surface area contributed by atoms with Crippen LogP contribution < -0.4 is 4.74 Å². The molecule has 0 aliphatic rings. The number of alkyl halides is 3. The number of aromatic nitrogens is 1. The zero-order chi connectivity index (χ0) is 14.8. The molecular weight excluding hydrogens is 273 g/mol. The van der Waals surface area contributed by atoms with Crippen molar-refractivity contribution < 1.29 is 32.4 Å². The van der Waals surface area contributed by atoms with Crippen LogP contribution in [0.3, 0.4) is 0 Å². The van der Waals surface area contributed by atoms with Gasteiger partial charge < -0.3 is 19.6 Å². The Morgan fingerprint density at radius 2 is 2.05 bits per heavy atom. The van der Waals surface area contributed by atoms with Crippen molar-refractivity contribution in [2.75, 3.05) is 7.11 Å². The van der Waals surface area contributed by atoms with E-state index in [0.717, 1.165) is 20.1 Å². The van der Waals surface area contributed by atoms with Gasteiger partial charge >= 0.3 is 24.0 Å². The normalized spacial score (nSPS) is 11.0. The molecule has 0 unspecified atom stereocenters. The number of carbonyl (C=O) groups excluding carboxylic acids is 1. The summed E-state index contributed by atoms with van der Waals surface area (Å²) in [6.07, 6.45) is -5.04.